The maximum atomic E-state index is 12.9. The summed E-state index contributed by atoms with van der Waals surface area (Å²) in [6, 6.07) is 1.04. The van der Waals surface area contributed by atoms with Crippen LogP contribution in [0.25, 0.3) is 0 Å². The highest BCUT2D eigenvalue weighted by molar-refractivity contribution is 6.32. The summed E-state index contributed by atoms with van der Waals surface area (Å²) in [5, 5.41) is -0.0277. The molecule has 92 valence electrons. The minimum Gasteiger partial charge on any atom is -0.462 e. The number of hydrogen-bond donors (Lipinski definition) is 0. The maximum absolute atomic E-state index is 12.9. The molecule has 1 heterocycles. The van der Waals surface area contributed by atoms with Gasteiger partial charge in [-0.05, 0) is 18.4 Å². The fraction of sp³-hybridized carbons (Fsp3) is 0.500. The molecule has 1 aliphatic rings. The Hall–Kier alpha value is -1.16. The lowest BCUT2D eigenvalue weighted by Crippen LogP contribution is -2.16. The van der Waals surface area contributed by atoms with Gasteiger partial charge in [-0.25, -0.2) is 14.2 Å². The third kappa shape index (κ3) is 3.16. The Labute approximate surface area is 104 Å². The van der Waals surface area contributed by atoms with Gasteiger partial charge in [0, 0.05) is 0 Å². The quantitative estimate of drug-likeness (QED) is 0.614. The standard InChI is InChI=1S/C12H13ClFNO2/c13-11-10(6-9(14)7-15-11)12(16)17-5-4-8-2-1-3-8/h6-8H,1-5H2. The molecular formula is C12H13ClFNO2. The van der Waals surface area contributed by atoms with Gasteiger partial charge in [0.25, 0.3) is 0 Å². The lowest BCUT2D eigenvalue weighted by Gasteiger charge is -2.24. The molecule has 1 aromatic rings. The van der Waals surface area contributed by atoms with Crippen LogP contribution < -0.4 is 0 Å². The Bertz CT molecular complexity index is 421. The second-order valence-corrected chi connectivity index (χ2v) is 4.57. The van der Waals surface area contributed by atoms with Gasteiger partial charge in [0.15, 0.2) is 0 Å². The molecule has 1 aromatic heterocycles. The van der Waals surface area contributed by atoms with Crippen LogP contribution in [0.15, 0.2) is 12.3 Å². The zero-order chi connectivity index (χ0) is 12.3. The smallest absolute Gasteiger partial charge is 0.341 e. The average Bonchev–Trinajstić information content (AvgIpc) is 2.25. The van der Waals surface area contributed by atoms with E-state index in [0.29, 0.717) is 12.5 Å². The number of nitrogens with zero attached hydrogens (tertiary/aromatic N) is 1. The zero-order valence-corrected chi connectivity index (χ0v) is 10.0. The van der Waals surface area contributed by atoms with Crippen LogP contribution in [0.3, 0.4) is 0 Å². The third-order valence-corrected chi connectivity index (χ3v) is 3.31. The summed E-state index contributed by atoms with van der Waals surface area (Å²) in [6.07, 6.45) is 5.51. The highest BCUT2D eigenvalue weighted by atomic mass is 35.5. The fourth-order valence-corrected chi connectivity index (χ4v) is 1.92. The molecule has 0 N–H and O–H groups in total. The molecule has 2 rings (SSSR count). The molecule has 3 nitrogen and oxygen atoms in total. The molecule has 1 aliphatic carbocycles. The number of hydrogen-bond acceptors (Lipinski definition) is 3. The molecule has 0 unspecified atom stereocenters. The molecule has 0 spiro atoms. The van der Waals surface area contributed by atoms with Crippen LogP contribution in [0.4, 0.5) is 4.39 Å². The molecule has 0 saturated heterocycles. The zero-order valence-electron chi connectivity index (χ0n) is 9.29. The van der Waals surface area contributed by atoms with Gasteiger partial charge >= 0.3 is 5.97 Å². The Morgan fingerprint density at radius 2 is 2.35 bits per heavy atom. The molecule has 0 aromatic carbocycles. The lowest BCUT2D eigenvalue weighted by atomic mass is 9.83. The number of pyridine rings is 1. The largest absolute Gasteiger partial charge is 0.462 e. The predicted molar refractivity (Wildman–Crippen MR) is 61.4 cm³/mol. The summed E-state index contributed by atoms with van der Waals surface area (Å²) in [4.78, 5) is 15.2. The van der Waals surface area contributed by atoms with Crippen molar-refractivity contribution in [1.29, 1.82) is 0 Å². The van der Waals surface area contributed by atoms with E-state index in [1.165, 1.54) is 19.3 Å². The van der Waals surface area contributed by atoms with Crippen LogP contribution in [-0.2, 0) is 4.74 Å². The number of esters is 1. The van der Waals surface area contributed by atoms with Crippen LogP contribution in [-0.4, -0.2) is 17.6 Å². The molecule has 0 radical (unpaired) electrons. The van der Waals surface area contributed by atoms with E-state index in [1.807, 2.05) is 0 Å². The minimum absolute atomic E-state index is 0.0136. The first-order valence-corrected chi connectivity index (χ1v) is 6.03. The van der Waals surface area contributed by atoms with E-state index in [-0.39, 0.29) is 10.7 Å². The van der Waals surface area contributed by atoms with Gasteiger partial charge in [0.2, 0.25) is 0 Å². The van der Waals surface area contributed by atoms with E-state index in [0.717, 1.165) is 18.7 Å². The highest BCUT2D eigenvalue weighted by Crippen LogP contribution is 2.29. The molecule has 1 saturated carbocycles. The Balaban J connectivity index is 1.87. The van der Waals surface area contributed by atoms with Crippen LogP contribution in [0, 0.1) is 11.7 Å². The summed E-state index contributed by atoms with van der Waals surface area (Å²) < 4.78 is 17.9. The van der Waals surface area contributed by atoms with Gasteiger partial charge in [0.05, 0.1) is 18.4 Å². The summed E-state index contributed by atoms with van der Waals surface area (Å²) in [7, 11) is 0. The average molecular weight is 258 g/mol. The Morgan fingerprint density at radius 3 is 3.00 bits per heavy atom. The number of aromatic nitrogens is 1. The SMILES string of the molecule is O=C(OCCC1CCC1)c1cc(F)cnc1Cl. The second kappa shape index (κ2) is 5.45. The minimum atomic E-state index is -0.610. The maximum Gasteiger partial charge on any atom is 0.341 e. The highest BCUT2D eigenvalue weighted by Gasteiger charge is 2.19. The van der Waals surface area contributed by atoms with Crippen molar-refractivity contribution in [2.24, 2.45) is 5.92 Å². The fourth-order valence-electron chi connectivity index (χ4n) is 1.74. The summed E-state index contributed by atoms with van der Waals surface area (Å²) in [6.45, 7) is 0.357. The molecule has 1 fully saturated rings. The third-order valence-electron chi connectivity index (χ3n) is 3.01. The van der Waals surface area contributed by atoms with Crippen LogP contribution in [0.5, 0.6) is 0 Å². The van der Waals surface area contributed by atoms with Crippen LogP contribution in [0.2, 0.25) is 5.15 Å². The van der Waals surface area contributed by atoms with E-state index in [4.69, 9.17) is 16.3 Å². The number of carbonyl (C=O) groups is 1. The molecule has 17 heavy (non-hydrogen) atoms. The van der Waals surface area contributed by atoms with E-state index >= 15 is 0 Å². The lowest BCUT2D eigenvalue weighted by molar-refractivity contribution is 0.0463. The van der Waals surface area contributed by atoms with E-state index in [9.17, 15) is 9.18 Å². The van der Waals surface area contributed by atoms with Crippen molar-refractivity contribution >= 4 is 17.6 Å². The van der Waals surface area contributed by atoms with Crippen molar-refractivity contribution in [2.75, 3.05) is 6.61 Å². The van der Waals surface area contributed by atoms with Gasteiger partial charge in [-0.15, -0.1) is 0 Å². The first-order chi connectivity index (χ1) is 8.16. The number of halogens is 2. The first-order valence-electron chi connectivity index (χ1n) is 5.65. The van der Waals surface area contributed by atoms with Crippen LogP contribution >= 0.6 is 11.6 Å². The van der Waals surface area contributed by atoms with Crippen molar-refractivity contribution in [3.63, 3.8) is 0 Å². The molecule has 0 amide bonds. The Morgan fingerprint density at radius 1 is 1.59 bits per heavy atom. The summed E-state index contributed by atoms with van der Waals surface area (Å²) in [5.74, 6) is -0.537. The van der Waals surface area contributed by atoms with Crippen molar-refractivity contribution in [2.45, 2.75) is 25.7 Å². The van der Waals surface area contributed by atoms with E-state index < -0.39 is 11.8 Å². The number of ether oxygens (including phenoxy) is 1. The van der Waals surface area contributed by atoms with Gasteiger partial charge in [0.1, 0.15) is 11.0 Å². The molecular weight excluding hydrogens is 245 g/mol. The molecule has 0 bridgehead atoms. The topological polar surface area (TPSA) is 39.2 Å². The monoisotopic (exact) mass is 257 g/mol. The van der Waals surface area contributed by atoms with Crippen molar-refractivity contribution in [3.05, 3.63) is 28.8 Å². The molecule has 5 heteroatoms. The van der Waals surface area contributed by atoms with Gasteiger partial charge in [-0.3, -0.25) is 0 Å². The van der Waals surface area contributed by atoms with Crippen LogP contribution in [0.1, 0.15) is 36.0 Å². The van der Waals surface area contributed by atoms with Crippen molar-refractivity contribution < 1.29 is 13.9 Å². The van der Waals surface area contributed by atoms with Gasteiger partial charge < -0.3 is 4.74 Å². The molecule has 0 aliphatic heterocycles. The summed E-state index contributed by atoms with van der Waals surface area (Å²) >= 11 is 5.69. The number of carbonyl (C=O) groups excluding carboxylic acids is 1. The van der Waals surface area contributed by atoms with Gasteiger partial charge in [-0.1, -0.05) is 30.9 Å². The van der Waals surface area contributed by atoms with Gasteiger partial charge in [-0.2, -0.15) is 0 Å². The number of rotatable bonds is 4. The predicted octanol–water partition coefficient (Wildman–Crippen LogP) is 3.22. The first kappa shape index (κ1) is 12.3. The van der Waals surface area contributed by atoms with E-state index in [1.54, 1.807) is 0 Å². The summed E-state index contributed by atoms with van der Waals surface area (Å²) in [5.41, 5.74) is -0.0136. The second-order valence-electron chi connectivity index (χ2n) is 4.21. The van der Waals surface area contributed by atoms with Crippen molar-refractivity contribution in [3.8, 4) is 0 Å². The normalized spacial score (nSPS) is 15.4. The Kier molecular flexibility index (Phi) is 3.94. The van der Waals surface area contributed by atoms with E-state index in [2.05, 4.69) is 4.98 Å². The molecule has 0 atom stereocenters. The van der Waals surface area contributed by atoms with Crippen molar-refractivity contribution in [1.82, 2.24) is 4.98 Å².